The molecule has 1 aliphatic carbocycles. The summed E-state index contributed by atoms with van der Waals surface area (Å²) in [6, 6.07) is 19.7. The standard InChI is InChI=1S/C36H47N3O8S2/c1-3-45-33-13-10-27(26-8-11-28(12-9-26)36(37)14-15-36)20-34(33)49(43,44)39-18-16-35(17-19-39)22-29(24-47-35)38-23-30(40)25-46-31-6-5-7-32(21-31)48(41,42)4-2/h5-13,20-21,29-30,38,40H,3-4,14-19,22-25,37H2,1-2H3/t29-,30?/m1/s1. The maximum atomic E-state index is 14.1. The van der Waals surface area contributed by atoms with Gasteiger partial charge in [-0.3, -0.25) is 0 Å². The van der Waals surface area contributed by atoms with Gasteiger partial charge in [0.15, 0.2) is 9.84 Å². The van der Waals surface area contributed by atoms with Crippen LogP contribution in [-0.4, -0.2) is 89.2 Å². The number of ether oxygens (including phenoxy) is 3. The van der Waals surface area contributed by atoms with Crippen molar-refractivity contribution in [2.24, 2.45) is 5.73 Å². The van der Waals surface area contributed by atoms with Gasteiger partial charge in [0.25, 0.3) is 0 Å². The highest BCUT2D eigenvalue weighted by atomic mass is 32.2. The molecule has 11 nitrogen and oxygen atoms in total. The molecule has 2 saturated heterocycles. The number of sulfonamides is 1. The van der Waals surface area contributed by atoms with Crippen LogP contribution in [-0.2, 0) is 30.1 Å². The highest BCUT2D eigenvalue weighted by Gasteiger charge is 2.45. The Morgan fingerprint density at radius 3 is 2.35 bits per heavy atom. The lowest BCUT2D eigenvalue weighted by atomic mass is 9.88. The Bertz CT molecular complexity index is 1840. The second kappa shape index (κ2) is 14.3. The zero-order valence-corrected chi connectivity index (χ0v) is 29.8. The van der Waals surface area contributed by atoms with Crippen LogP contribution in [0.15, 0.2) is 76.5 Å². The zero-order chi connectivity index (χ0) is 34.9. The van der Waals surface area contributed by atoms with Gasteiger partial charge in [-0.25, -0.2) is 16.8 Å². The Labute approximate surface area is 289 Å². The maximum absolute atomic E-state index is 14.1. The van der Waals surface area contributed by atoms with E-state index in [0.29, 0.717) is 57.1 Å². The molecule has 2 atom stereocenters. The number of aliphatic hydroxyl groups is 1. The van der Waals surface area contributed by atoms with E-state index in [1.54, 1.807) is 31.2 Å². The first-order valence-electron chi connectivity index (χ1n) is 17.0. The SMILES string of the molecule is CCOc1ccc(-c2ccc(C3(N)CC3)cc2)cc1S(=O)(=O)N1CCC2(CC1)C[C@@H](NCC(O)COc1cccc(S(=O)(=O)CC)c1)CO2. The first kappa shape index (κ1) is 35.8. The zero-order valence-electron chi connectivity index (χ0n) is 28.1. The summed E-state index contributed by atoms with van der Waals surface area (Å²) in [5.41, 5.74) is 8.49. The molecule has 0 aromatic heterocycles. The van der Waals surface area contributed by atoms with Crippen molar-refractivity contribution in [1.29, 1.82) is 0 Å². The van der Waals surface area contributed by atoms with E-state index in [2.05, 4.69) is 5.32 Å². The Morgan fingerprint density at radius 2 is 1.67 bits per heavy atom. The minimum atomic E-state index is -3.85. The van der Waals surface area contributed by atoms with Crippen LogP contribution in [0.25, 0.3) is 11.1 Å². The molecule has 0 radical (unpaired) electrons. The van der Waals surface area contributed by atoms with Gasteiger partial charge >= 0.3 is 0 Å². The van der Waals surface area contributed by atoms with E-state index in [0.717, 1.165) is 29.5 Å². The summed E-state index contributed by atoms with van der Waals surface area (Å²) in [6.07, 6.45) is 2.94. The molecule has 2 aliphatic heterocycles. The number of aliphatic hydroxyl groups excluding tert-OH is 1. The Kier molecular flexibility index (Phi) is 10.4. The fourth-order valence-corrected chi connectivity index (χ4v) is 9.17. The molecule has 49 heavy (non-hydrogen) atoms. The van der Waals surface area contributed by atoms with Crippen molar-refractivity contribution in [1.82, 2.24) is 9.62 Å². The molecule has 13 heteroatoms. The van der Waals surface area contributed by atoms with Crippen molar-refractivity contribution in [3.63, 3.8) is 0 Å². The van der Waals surface area contributed by atoms with Gasteiger partial charge in [-0.2, -0.15) is 4.31 Å². The molecule has 6 rings (SSSR count). The van der Waals surface area contributed by atoms with Gasteiger partial charge in [-0.15, -0.1) is 0 Å². The summed E-state index contributed by atoms with van der Waals surface area (Å²) in [7, 11) is -7.21. The van der Waals surface area contributed by atoms with E-state index in [4.69, 9.17) is 19.9 Å². The van der Waals surface area contributed by atoms with Crippen molar-refractivity contribution in [2.75, 3.05) is 45.2 Å². The summed E-state index contributed by atoms with van der Waals surface area (Å²) < 4.78 is 71.7. The third-order valence-corrected chi connectivity index (χ3v) is 13.6. The van der Waals surface area contributed by atoms with E-state index in [1.165, 1.54) is 16.4 Å². The van der Waals surface area contributed by atoms with Crippen molar-refractivity contribution < 1.29 is 36.2 Å². The summed E-state index contributed by atoms with van der Waals surface area (Å²) in [4.78, 5) is 0.349. The molecule has 1 unspecified atom stereocenters. The molecule has 4 N–H and O–H groups in total. The average Bonchev–Trinajstić information content (AvgIpc) is 3.75. The first-order chi connectivity index (χ1) is 23.4. The number of rotatable bonds is 14. The van der Waals surface area contributed by atoms with Crippen LogP contribution >= 0.6 is 0 Å². The summed E-state index contributed by atoms with van der Waals surface area (Å²) in [5, 5.41) is 13.9. The maximum Gasteiger partial charge on any atom is 0.246 e. The normalized spacial score (nSPS) is 21.0. The van der Waals surface area contributed by atoms with Gasteiger partial charge in [0.2, 0.25) is 10.0 Å². The Hall–Kier alpha value is -3.04. The number of piperidine rings is 1. The van der Waals surface area contributed by atoms with Crippen molar-refractivity contribution in [2.45, 2.75) is 79.0 Å². The van der Waals surface area contributed by atoms with Gasteiger partial charge in [0, 0.05) is 31.2 Å². The lowest BCUT2D eigenvalue weighted by Crippen LogP contribution is -2.47. The fraction of sp³-hybridized carbons (Fsp3) is 0.500. The number of nitrogens with two attached hydrogens (primary N) is 1. The lowest BCUT2D eigenvalue weighted by Gasteiger charge is -2.38. The first-order valence-corrected chi connectivity index (χ1v) is 20.1. The number of hydrogen-bond donors (Lipinski definition) is 3. The van der Waals surface area contributed by atoms with E-state index in [1.807, 2.05) is 37.3 Å². The molecular weight excluding hydrogens is 667 g/mol. The molecule has 0 amide bonds. The predicted molar refractivity (Wildman–Crippen MR) is 187 cm³/mol. The van der Waals surface area contributed by atoms with Crippen LogP contribution in [0.4, 0.5) is 0 Å². The number of sulfone groups is 1. The average molecular weight is 714 g/mol. The molecule has 266 valence electrons. The van der Waals surface area contributed by atoms with Crippen LogP contribution in [0.1, 0.15) is 51.5 Å². The van der Waals surface area contributed by atoms with Gasteiger partial charge in [-0.1, -0.05) is 43.3 Å². The largest absolute Gasteiger partial charge is 0.492 e. The van der Waals surface area contributed by atoms with E-state index in [9.17, 15) is 21.9 Å². The molecule has 1 saturated carbocycles. The molecule has 3 aliphatic rings. The molecule has 1 spiro atoms. The lowest BCUT2D eigenvalue weighted by molar-refractivity contribution is -0.0312. The molecular formula is C36H47N3O8S2. The fourth-order valence-electron chi connectivity index (χ4n) is 6.66. The third-order valence-electron chi connectivity index (χ3n) is 9.92. The number of nitrogens with one attached hydrogen (secondary N) is 1. The third kappa shape index (κ3) is 7.98. The molecule has 2 heterocycles. The van der Waals surface area contributed by atoms with Crippen LogP contribution in [0.2, 0.25) is 0 Å². The molecule has 0 bridgehead atoms. The molecule has 3 fully saturated rings. The van der Waals surface area contributed by atoms with E-state index >= 15 is 0 Å². The van der Waals surface area contributed by atoms with Crippen molar-refractivity contribution in [3.05, 3.63) is 72.3 Å². The van der Waals surface area contributed by atoms with E-state index < -0.39 is 31.6 Å². The Balaban J connectivity index is 1.03. The van der Waals surface area contributed by atoms with Crippen molar-refractivity contribution in [3.8, 4) is 22.6 Å². The second-order valence-electron chi connectivity index (χ2n) is 13.4. The monoisotopic (exact) mass is 713 g/mol. The van der Waals surface area contributed by atoms with Crippen LogP contribution < -0.4 is 20.5 Å². The molecule has 3 aromatic rings. The highest BCUT2D eigenvalue weighted by Crippen LogP contribution is 2.43. The van der Waals surface area contributed by atoms with Gasteiger partial charge in [-0.05, 0) is 86.1 Å². The Morgan fingerprint density at radius 1 is 0.959 bits per heavy atom. The van der Waals surface area contributed by atoms with Gasteiger partial charge < -0.3 is 30.4 Å². The number of benzene rings is 3. The summed E-state index contributed by atoms with van der Waals surface area (Å²) >= 11 is 0. The van der Waals surface area contributed by atoms with E-state index in [-0.39, 0.29) is 40.3 Å². The topological polar surface area (TPSA) is 157 Å². The quantitative estimate of drug-likeness (QED) is 0.224. The van der Waals surface area contributed by atoms with Crippen LogP contribution in [0.3, 0.4) is 0 Å². The smallest absolute Gasteiger partial charge is 0.246 e. The number of hydrogen-bond acceptors (Lipinski definition) is 10. The molecule has 3 aromatic carbocycles. The van der Waals surface area contributed by atoms with Gasteiger partial charge in [0.1, 0.15) is 29.1 Å². The van der Waals surface area contributed by atoms with Crippen LogP contribution in [0, 0.1) is 0 Å². The summed E-state index contributed by atoms with van der Waals surface area (Å²) in [5.74, 6) is 0.715. The predicted octanol–water partition coefficient (Wildman–Crippen LogP) is 3.84. The highest BCUT2D eigenvalue weighted by molar-refractivity contribution is 7.91. The minimum Gasteiger partial charge on any atom is -0.492 e. The minimum absolute atomic E-state index is 0.00118. The second-order valence-corrected chi connectivity index (χ2v) is 17.6. The number of nitrogens with zero attached hydrogens (tertiary/aromatic N) is 1. The van der Waals surface area contributed by atoms with Gasteiger partial charge in [0.05, 0.1) is 29.5 Å². The van der Waals surface area contributed by atoms with Crippen LogP contribution in [0.5, 0.6) is 11.5 Å². The summed E-state index contributed by atoms with van der Waals surface area (Å²) in [6.45, 7) is 5.13. The van der Waals surface area contributed by atoms with Crippen molar-refractivity contribution >= 4 is 19.9 Å².